The standard InChI is InChI=1S/C16H21N3O2S/c1-10(2)13-8-12(18-21-13)16(20)19(3)9-15-17-11-6-4-5-7-14(11)22-15/h8,10H,4-7,9H2,1-3H3. The number of nitrogens with zero attached hydrogens (tertiary/aromatic N) is 3. The summed E-state index contributed by atoms with van der Waals surface area (Å²) in [7, 11) is 1.78. The number of thiazole rings is 1. The number of aromatic nitrogens is 2. The van der Waals surface area contributed by atoms with Gasteiger partial charge in [0, 0.05) is 23.9 Å². The molecule has 0 atom stereocenters. The number of rotatable bonds is 4. The maximum atomic E-state index is 12.4. The Bertz CT molecular complexity index is 651. The second-order valence-electron chi connectivity index (χ2n) is 6.12. The van der Waals surface area contributed by atoms with Gasteiger partial charge in [0.05, 0.1) is 12.2 Å². The molecule has 2 aromatic heterocycles. The lowest BCUT2D eigenvalue weighted by atomic mass is 10.0. The molecule has 6 heteroatoms. The molecule has 22 heavy (non-hydrogen) atoms. The van der Waals surface area contributed by atoms with Gasteiger partial charge >= 0.3 is 0 Å². The number of carbonyl (C=O) groups excluding carboxylic acids is 1. The Morgan fingerprint density at radius 3 is 2.86 bits per heavy atom. The highest BCUT2D eigenvalue weighted by molar-refractivity contribution is 7.11. The molecule has 0 fully saturated rings. The number of amides is 1. The summed E-state index contributed by atoms with van der Waals surface area (Å²) in [5, 5.41) is 4.89. The zero-order valence-corrected chi connectivity index (χ0v) is 14.1. The first-order chi connectivity index (χ1) is 10.5. The summed E-state index contributed by atoms with van der Waals surface area (Å²) in [6.45, 7) is 4.55. The van der Waals surface area contributed by atoms with Crippen molar-refractivity contribution >= 4 is 17.2 Å². The summed E-state index contributed by atoms with van der Waals surface area (Å²) in [4.78, 5) is 20.1. The molecule has 1 aliphatic rings. The summed E-state index contributed by atoms with van der Waals surface area (Å²) in [5.74, 6) is 0.843. The second kappa shape index (κ2) is 6.20. The third-order valence-electron chi connectivity index (χ3n) is 3.93. The monoisotopic (exact) mass is 319 g/mol. The molecule has 1 amide bonds. The first-order valence-electron chi connectivity index (χ1n) is 7.74. The lowest BCUT2D eigenvalue weighted by molar-refractivity contribution is 0.0774. The van der Waals surface area contributed by atoms with E-state index < -0.39 is 0 Å². The van der Waals surface area contributed by atoms with E-state index in [-0.39, 0.29) is 11.8 Å². The van der Waals surface area contributed by atoms with E-state index in [1.807, 2.05) is 13.8 Å². The first-order valence-corrected chi connectivity index (χ1v) is 8.55. The third kappa shape index (κ3) is 3.06. The molecular formula is C16H21N3O2S. The van der Waals surface area contributed by atoms with Crippen molar-refractivity contribution in [2.45, 2.75) is 52.0 Å². The molecule has 0 saturated carbocycles. The topological polar surface area (TPSA) is 59.2 Å². The quantitative estimate of drug-likeness (QED) is 0.866. The van der Waals surface area contributed by atoms with Crippen LogP contribution in [0.4, 0.5) is 0 Å². The highest BCUT2D eigenvalue weighted by Gasteiger charge is 2.21. The molecule has 0 bridgehead atoms. The molecule has 5 nitrogen and oxygen atoms in total. The minimum Gasteiger partial charge on any atom is -0.360 e. The van der Waals surface area contributed by atoms with Crippen molar-refractivity contribution in [1.82, 2.24) is 15.0 Å². The van der Waals surface area contributed by atoms with Crippen LogP contribution in [0, 0.1) is 0 Å². The Hall–Kier alpha value is -1.69. The number of hydrogen-bond donors (Lipinski definition) is 0. The minimum absolute atomic E-state index is 0.121. The molecule has 0 spiro atoms. The van der Waals surface area contributed by atoms with Crippen molar-refractivity contribution in [1.29, 1.82) is 0 Å². The Kier molecular flexibility index (Phi) is 4.29. The molecule has 0 aromatic carbocycles. The molecule has 3 rings (SSSR count). The molecular weight excluding hydrogens is 298 g/mol. The van der Waals surface area contributed by atoms with E-state index in [4.69, 9.17) is 4.52 Å². The normalized spacial score (nSPS) is 14.2. The minimum atomic E-state index is -0.121. The zero-order chi connectivity index (χ0) is 15.7. The van der Waals surface area contributed by atoms with Crippen LogP contribution in [0.1, 0.15) is 64.4 Å². The van der Waals surface area contributed by atoms with Gasteiger partial charge in [-0.3, -0.25) is 4.79 Å². The van der Waals surface area contributed by atoms with Crippen molar-refractivity contribution in [3.63, 3.8) is 0 Å². The lowest BCUT2D eigenvalue weighted by Gasteiger charge is -2.13. The predicted molar refractivity (Wildman–Crippen MR) is 85.1 cm³/mol. The van der Waals surface area contributed by atoms with E-state index in [1.54, 1.807) is 29.4 Å². The lowest BCUT2D eigenvalue weighted by Crippen LogP contribution is -2.26. The SMILES string of the molecule is CC(C)c1cc(C(=O)N(C)Cc2nc3c(s2)CCCC3)no1. The van der Waals surface area contributed by atoms with Gasteiger partial charge in [0.1, 0.15) is 10.8 Å². The smallest absolute Gasteiger partial charge is 0.276 e. The van der Waals surface area contributed by atoms with Crippen molar-refractivity contribution < 1.29 is 9.32 Å². The van der Waals surface area contributed by atoms with E-state index >= 15 is 0 Å². The van der Waals surface area contributed by atoms with E-state index in [2.05, 4.69) is 10.1 Å². The van der Waals surface area contributed by atoms with Crippen LogP contribution in [-0.2, 0) is 19.4 Å². The van der Waals surface area contributed by atoms with Gasteiger partial charge in [0.25, 0.3) is 5.91 Å². The summed E-state index contributed by atoms with van der Waals surface area (Å²) >= 11 is 1.74. The van der Waals surface area contributed by atoms with Crippen molar-refractivity contribution in [3.8, 4) is 0 Å². The van der Waals surface area contributed by atoms with Crippen LogP contribution in [-0.4, -0.2) is 28.0 Å². The Morgan fingerprint density at radius 2 is 2.18 bits per heavy atom. The molecule has 0 unspecified atom stereocenters. The number of fused-ring (bicyclic) bond motifs is 1. The van der Waals surface area contributed by atoms with Gasteiger partial charge in [-0.25, -0.2) is 4.98 Å². The van der Waals surface area contributed by atoms with Crippen molar-refractivity contribution in [2.75, 3.05) is 7.05 Å². The van der Waals surface area contributed by atoms with Gasteiger partial charge in [-0.15, -0.1) is 11.3 Å². The molecule has 0 radical (unpaired) electrons. The first kappa shape index (κ1) is 15.2. The van der Waals surface area contributed by atoms with Gasteiger partial charge in [-0.2, -0.15) is 0 Å². The number of hydrogen-bond acceptors (Lipinski definition) is 5. The molecule has 1 aliphatic carbocycles. The van der Waals surface area contributed by atoms with E-state index in [9.17, 15) is 4.79 Å². The zero-order valence-electron chi connectivity index (χ0n) is 13.3. The van der Waals surface area contributed by atoms with Crippen LogP contribution in [0.2, 0.25) is 0 Å². The fraction of sp³-hybridized carbons (Fsp3) is 0.562. The van der Waals surface area contributed by atoms with Gasteiger partial charge in [-0.05, 0) is 25.7 Å². The largest absolute Gasteiger partial charge is 0.360 e. The molecule has 0 saturated heterocycles. The van der Waals surface area contributed by atoms with Crippen LogP contribution < -0.4 is 0 Å². The molecule has 2 heterocycles. The van der Waals surface area contributed by atoms with Gasteiger partial charge < -0.3 is 9.42 Å². The van der Waals surface area contributed by atoms with Crippen LogP contribution in [0.5, 0.6) is 0 Å². The van der Waals surface area contributed by atoms with Crippen LogP contribution in [0.25, 0.3) is 0 Å². The van der Waals surface area contributed by atoms with Gasteiger partial charge in [0.2, 0.25) is 0 Å². The van der Waals surface area contributed by atoms with E-state index in [1.165, 1.54) is 23.4 Å². The maximum absolute atomic E-state index is 12.4. The summed E-state index contributed by atoms with van der Waals surface area (Å²) < 4.78 is 5.20. The Morgan fingerprint density at radius 1 is 1.41 bits per heavy atom. The van der Waals surface area contributed by atoms with E-state index in [0.29, 0.717) is 12.2 Å². The summed E-state index contributed by atoms with van der Waals surface area (Å²) in [6, 6.07) is 1.73. The average Bonchev–Trinajstić information content (AvgIpc) is 3.12. The van der Waals surface area contributed by atoms with Gasteiger partial charge in [-0.1, -0.05) is 19.0 Å². The third-order valence-corrected chi connectivity index (χ3v) is 5.07. The van der Waals surface area contributed by atoms with Crippen LogP contribution in [0.15, 0.2) is 10.6 Å². The molecule has 0 N–H and O–H groups in total. The van der Waals surface area contributed by atoms with Crippen molar-refractivity contribution in [2.24, 2.45) is 0 Å². The Balaban J connectivity index is 1.69. The average molecular weight is 319 g/mol. The second-order valence-corrected chi connectivity index (χ2v) is 7.28. The summed E-state index contributed by atoms with van der Waals surface area (Å²) in [5.41, 5.74) is 1.60. The molecule has 2 aromatic rings. The highest BCUT2D eigenvalue weighted by Crippen LogP contribution is 2.27. The number of aryl methyl sites for hydroxylation is 2. The fourth-order valence-electron chi connectivity index (χ4n) is 2.61. The molecule has 0 aliphatic heterocycles. The number of carbonyl (C=O) groups is 1. The highest BCUT2D eigenvalue weighted by atomic mass is 32.1. The van der Waals surface area contributed by atoms with Gasteiger partial charge in [0.15, 0.2) is 5.69 Å². The Labute approximate surface area is 134 Å². The fourth-order valence-corrected chi connectivity index (χ4v) is 3.82. The van der Waals surface area contributed by atoms with Crippen LogP contribution in [0.3, 0.4) is 0 Å². The van der Waals surface area contributed by atoms with Crippen LogP contribution >= 0.6 is 11.3 Å². The predicted octanol–water partition coefficient (Wildman–Crippen LogP) is 3.41. The van der Waals surface area contributed by atoms with E-state index in [0.717, 1.165) is 23.6 Å². The van der Waals surface area contributed by atoms with Crippen molar-refractivity contribution in [3.05, 3.63) is 33.1 Å². The molecule has 118 valence electrons. The summed E-state index contributed by atoms with van der Waals surface area (Å²) in [6.07, 6.45) is 4.68. The maximum Gasteiger partial charge on any atom is 0.276 e.